The SMILES string of the molecule is CCCn1c(NC(=O)C23CCC(=O)N2c2ccccc2S3)nc2ccccc21. The number of imidazole rings is 1. The van der Waals surface area contributed by atoms with Crippen molar-refractivity contribution in [1.29, 1.82) is 0 Å². The maximum atomic E-state index is 13.5. The second kappa shape index (κ2) is 6.38. The molecule has 3 aromatic rings. The molecule has 2 aliphatic heterocycles. The monoisotopic (exact) mass is 392 g/mol. The molecule has 1 fully saturated rings. The molecule has 1 atom stereocenters. The van der Waals surface area contributed by atoms with E-state index in [1.165, 1.54) is 11.8 Å². The number of nitrogens with zero attached hydrogens (tertiary/aromatic N) is 3. The van der Waals surface area contributed by atoms with E-state index in [1.807, 2.05) is 53.1 Å². The number of hydrogen-bond donors (Lipinski definition) is 1. The van der Waals surface area contributed by atoms with Crippen LogP contribution in [0, 0.1) is 0 Å². The second-order valence-electron chi connectivity index (χ2n) is 7.11. The highest BCUT2D eigenvalue weighted by atomic mass is 32.2. The van der Waals surface area contributed by atoms with Crippen LogP contribution >= 0.6 is 11.8 Å². The molecule has 2 aliphatic rings. The Labute approximate surface area is 166 Å². The van der Waals surface area contributed by atoms with Crippen LogP contribution < -0.4 is 10.2 Å². The Morgan fingerprint density at radius 2 is 2.00 bits per heavy atom. The molecule has 0 spiro atoms. The molecule has 1 aromatic heterocycles. The van der Waals surface area contributed by atoms with Gasteiger partial charge in [-0.3, -0.25) is 19.8 Å². The molecule has 0 bridgehead atoms. The molecule has 1 unspecified atom stereocenters. The lowest BCUT2D eigenvalue weighted by molar-refractivity contribution is -0.121. The van der Waals surface area contributed by atoms with Crippen LogP contribution in [0.15, 0.2) is 53.4 Å². The van der Waals surface area contributed by atoms with Crippen molar-refractivity contribution in [2.75, 3.05) is 10.2 Å². The lowest BCUT2D eigenvalue weighted by Gasteiger charge is -2.29. The van der Waals surface area contributed by atoms with Gasteiger partial charge in [0.25, 0.3) is 5.91 Å². The van der Waals surface area contributed by atoms with E-state index in [-0.39, 0.29) is 11.8 Å². The van der Waals surface area contributed by atoms with Gasteiger partial charge in [0.1, 0.15) is 0 Å². The molecule has 1 saturated heterocycles. The summed E-state index contributed by atoms with van der Waals surface area (Å²) in [6, 6.07) is 15.6. The summed E-state index contributed by atoms with van der Waals surface area (Å²) >= 11 is 1.47. The highest BCUT2D eigenvalue weighted by Crippen LogP contribution is 2.56. The van der Waals surface area contributed by atoms with Gasteiger partial charge in [0, 0.05) is 17.9 Å². The zero-order chi connectivity index (χ0) is 19.3. The predicted octanol–water partition coefficient (Wildman–Crippen LogP) is 4.01. The van der Waals surface area contributed by atoms with Gasteiger partial charge in [-0.1, -0.05) is 43.0 Å². The molecule has 3 heterocycles. The number of carbonyl (C=O) groups is 2. The van der Waals surface area contributed by atoms with Gasteiger partial charge in [-0.2, -0.15) is 0 Å². The third-order valence-electron chi connectivity index (χ3n) is 5.36. The number of amides is 2. The van der Waals surface area contributed by atoms with Gasteiger partial charge in [0.05, 0.1) is 16.7 Å². The summed E-state index contributed by atoms with van der Waals surface area (Å²) in [6.45, 7) is 2.86. The summed E-state index contributed by atoms with van der Waals surface area (Å²) in [6.07, 6.45) is 1.80. The standard InChI is InChI=1S/C21H20N4O2S/c1-2-13-24-15-8-4-3-7-14(15)22-20(24)23-19(27)21-12-11-18(26)25(21)16-9-5-6-10-17(16)28-21/h3-10H,2,11-13H2,1H3,(H,22,23,27). The van der Waals surface area contributed by atoms with Crippen molar-refractivity contribution in [1.82, 2.24) is 9.55 Å². The minimum Gasteiger partial charge on any atom is -0.310 e. The van der Waals surface area contributed by atoms with Crippen LogP contribution in [-0.2, 0) is 16.1 Å². The first-order valence-electron chi connectivity index (χ1n) is 9.52. The molecule has 28 heavy (non-hydrogen) atoms. The van der Waals surface area contributed by atoms with Crippen molar-refractivity contribution in [2.45, 2.75) is 42.5 Å². The minimum absolute atomic E-state index is 0.00494. The van der Waals surface area contributed by atoms with Gasteiger partial charge in [-0.25, -0.2) is 4.98 Å². The number of rotatable bonds is 4. The first-order valence-corrected chi connectivity index (χ1v) is 10.3. The van der Waals surface area contributed by atoms with Crippen LogP contribution in [0.25, 0.3) is 11.0 Å². The number of aromatic nitrogens is 2. The van der Waals surface area contributed by atoms with Crippen LogP contribution in [-0.4, -0.2) is 26.2 Å². The largest absolute Gasteiger partial charge is 0.310 e. The van der Waals surface area contributed by atoms with Gasteiger partial charge in [0.15, 0.2) is 4.87 Å². The van der Waals surface area contributed by atoms with E-state index < -0.39 is 4.87 Å². The first-order chi connectivity index (χ1) is 13.6. The fraction of sp³-hybridized carbons (Fsp3) is 0.286. The summed E-state index contributed by atoms with van der Waals surface area (Å²) < 4.78 is 2.04. The fourth-order valence-corrected chi connectivity index (χ4v) is 5.53. The Morgan fingerprint density at radius 1 is 1.21 bits per heavy atom. The fourth-order valence-electron chi connectivity index (χ4n) is 4.12. The maximum Gasteiger partial charge on any atom is 0.263 e. The Balaban J connectivity index is 1.54. The Bertz CT molecular complexity index is 1110. The number of nitrogens with one attached hydrogen (secondary N) is 1. The van der Waals surface area contributed by atoms with Crippen LogP contribution in [0.5, 0.6) is 0 Å². The lowest BCUT2D eigenvalue weighted by Crippen LogP contribution is -2.50. The number of thioether (sulfide) groups is 1. The summed E-state index contributed by atoms with van der Waals surface area (Å²) in [5, 5.41) is 3.04. The molecular formula is C21H20N4O2S. The number of aryl methyl sites for hydroxylation is 1. The average Bonchev–Trinajstić information content (AvgIpc) is 3.33. The van der Waals surface area contributed by atoms with E-state index >= 15 is 0 Å². The molecule has 1 N–H and O–H groups in total. The van der Waals surface area contributed by atoms with E-state index in [4.69, 9.17) is 0 Å². The van der Waals surface area contributed by atoms with Gasteiger partial charge in [0.2, 0.25) is 11.9 Å². The third kappa shape index (κ3) is 2.39. The topological polar surface area (TPSA) is 67.2 Å². The first kappa shape index (κ1) is 17.3. The van der Waals surface area contributed by atoms with E-state index in [0.717, 1.165) is 34.6 Å². The van der Waals surface area contributed by atoms with Crippen LogP contribution in [0.2, 0.25) is 0 Å². The molecular weight excluding hydrogens is 372 g/mol. The van der Waals surface area contributed by atoms with E-state index in [9.17, 15) is 9.59 Å². The second-order valence-corrected chi connectivity index (χ2v) is 8.43. The minimum atomic E-state index is -0.935. The maximum absolute atomic E-state index is 13.5. The quantitative estimate of drug-likeness (QED) is 0.728. The molecule has 2 aromatic carbocycles. The molecule has 2 amide bonds. The number of anilines is 2. The normalized spacial score (nSPS) is 20.5. The van der Waals surface area contributed by atoms with Crippen molar-refractivity contribution >= 4 is 46.2 Å². The Morgan fingerprint density at radius 3 is 2.86 bits per heavy atom. The molecule has 7 heteroatoms. The van der Waals surface area contributed by atoms with Crippen LogP contribution in [0.4, 0.5) is 11.6 Å². The van der Waals surface area contributed by atoms with Crippen molar-refractivity contribution in [3.8, 4) is 0 Å². The van der Waals surface area contributed by atoms with Crippen molar-refractivity contribution in [2.24, 2.45) is 0 Å². The zero-order valence-corrected chi connectivity index (χ0v) is 16.3. The van der Waals surface area contributed by atoms with Gasteiger partial charge >= 0.3 is 0 Å². The molecule has 6 nitrogen and oxygen atoms in total. The molecule has 142 valence electrons. The molecule has 5 rings (SSSR count). The predicted molar refractivity (Wildman–Crippen MR) is 110 cm³/mol. The number of para-hydroxylation sites is 3. The van der Waals surface area contributed by atoms with Crippen molar-refractivity contribution in [3.63, 3.8) is 0 Å². The number of hydrogen-bond acceptors (Lipinski definition) is 4. The van der Waals surface area contributed by atoms with Gasteiger partial charge in [-0.15, -0.1) is 0 Å². The highest BCUT2D eigenvalue weighted by Gasteiger charge is 2.57. The Hall–Kier alpha value is -2.80. The number of carbonyl (C=O) groups excluding carboxylic acids is 2. The van der Waals surface area contributed by atoms with Gasteiger partial charge < -0.3 is 4.57 Å². The third-order valence-corrected chi connectivity index (χ3v) is 6.83. The average molecular weight is 392 g/mol. The molecule has 0 saturated carbocycles. The number of fused-ring (bicyclic) bond motifs is 4. The van der Waals surface area contributed by atoms with E-state index in [0.29, 0.717) is 18.8 Å². The molecule has 0 radical (unpaired) electrons. The van der Waals surface area contributed by atoms with Gasteiger partial charge in [-0.05, 0) is 37.1 Å². The van der Waals surface area contributed by atoms with Crippen molar-refractivity contribution < 1.29 is 9.59 Å². The van der Waals surface area contributed by atoms with E-state index in [2.05, 4.69) is 17.2 Å². The number of benzene rings is 2. The zero-order valence-electron chi connectivity index (χ0n) is 15.5. The lowest BCUT2D eigenvalue weighted by atomic mass is 10.2. The highest BCUT2D eigenvalue weighted by molar-refractivity contribution is 8.02. The van der Waals surface area contributed by atoms with Crippen LogP contribution in [0.3, 0.4) is 0 Å². The summed E-state index contributed by atoms with van der Waals surface area (Å²) in [7, 11) is 0. The summed E-state index contributed by atoms with van der Waals surface area (Å²) in [5.41, 5.74) is 2.68. The van der Waals surface area contributed by atoms with Crippen molar-refractivity contribution in [3.05, 3.63) is 48.5 Å². The Kier molecular flexibility index (Phi) is 3.94. The smallest absolute Gasteiger partial charge is 0.263 e. The summed E-state index contributed by atoms with van der Waals surface area (Å²) in [5.74, 6) is 0.347. The summed E-state index contributed by atoms with van der Waals surface area (Å²) in [4.78, 5) is 32.4. The molecule has 0 aliphatic carbocycles. The van der Waals surface area contributed by atoms with Crippen LogP contribution in [0.1, 0.15) is 26.2 Å². The van der Waals surface area contributed by atoms with E-state index in [1.54, 1.807) is 4.90 Å².